The Morgan fingerprint density at radius 3 is 2.61 bits per heavy atom. The van der Waals surface area contributed by atoms with E-state index in [0.29, 0.717) is 22.8 Å². The van der Waals surface area contributed by atoms with Crippen LogP contribution in [-0.4, -0.2) is 24.8 Å². The highest BCUT2D eigenvalue weighted by molar-refractivity contribution is 5.53. The number of aromatic nitrogens is 4. The van der Waals surface area contributed by atoms with E-state index >= 15 is 0 Å². The van der Waals surface area contributed by atoms with Crippen molar-refractivity contribution in [3.05, 3.63) is 57.5 Å². The Kier molecular flexibility index (Phi) is 3.61. The summed E-state index contributed by atoms with van der Waals surface area (Å²) in [5, 5.41) is 18.9. The monoisotopic (exact) mass is 317 g/mol. The first-order valence-electron chi connectivity index (χ1n) is 6.72. The fourth-order valence-corrected chi connectivity index (χ4v) is 2.27. The van der Waals surface area contributed by atoms with Crippen LogP contribution in [0.1, 0.15) is 17.3 Å². The molecule has 0 saturated carbocycles. The van der Waals surface area contributed by atoms with Crippen molar-refractivity contribution in [3.63, 3.8) is 0 Å². The molecule has 9 heteroatoms. The number of rotatable bonds is 4. The molecule has 2 heterocycles. The maximum absolute atomic E-state index is 12.9. The van der Waals surface area contributed by atoms with E-state index in [1.54, 1.807) is 13.8 Å². The van der Waals surface area contributed by atoms with Crippen LogP contribution < -0.4 is 0 Å². The molecule has 0 unspecified atom stereocenters. The number of hydrogen-bond acceptors (Lipinski definition) is 6. The molecule has 0 aliphatic rings. The van der Waals surface area contributed by atoms with E-state index in [9.17, 15) is 14.5 Å². The zero-order valence-corrected chi connectivity index (χ0v) is 12.4. The van der Waals surface area contributed by atoms with Gasteiger partial charge in [-0.2, -0.15) is 10.1 Å². The van der Waals surface area contributed by atoms with Crippen LogP contribution in [0.3, 0.4) is 0 Å². The molecule has 0 amide bonds. The summed E-state index contributed by atoms with van der Waals surface area (Å²) in [5.74, 6) is 0.216. The smallest absolute Gasteiger partial charge is 0.312 e. The molecule has 0 bridgehead atoms. The predicted molar refractivity (Wildman–Crippen MR) is 77.1 cm³/mol. The van der Waals surface area contributed by atoms with Gasteiger partial charge in [0.15, 0.2) is 0 Å². The zero-order valence-electron chi connectivity index (χ0n) is 12.4. The average Bonchev–Trinajstić information content (AvgIpc) is 3.05. The van der Waals surface area contributed by atoms with E-state index in [0.717, 1.165) is 0 Å². The topological polar surface area (TPSA) is 99.9 Å². The Labute approximate surface area is 129 Å². The fourth-order valence-electron chi connectivity index (χ4n) is 2.27. The second-order valence-corrected chi connectivity index (χ2v) is 4.95. The minimum atomic E-state index is -0.466. The molecule has 3 aromatic rings. The lowest BCUT2D eigenvalue weighted by atomic mass is 10.2. The normalized spacial score (nSPS) is 10.9. The van der Waals surface area contributed by atoms with Crippen LogP contribution >= 0.6 is 0 Å². The number of nitro groups is 1. The lowest BCUT2D eigenvalue weighted by molar-refractivity contribution is -0.386. The summed E-state index contributed by atoms with van der Waals surface area (Å²) in [5.41, 5.74) is 1.32. The van der Waals surface area contributed by atoms with Crippen molar-refractivity contribution < 1.29 is 13.8 Å². The molecule has 0 radical (unpaired) electrons. The molecule has 0 N–H and O–H groups in total. The van der Waals surface area contributed by atoms with E-state index in [-0.39, 0.29) is 23.9 Å². The third-order valence-corrected chi connectivity index (χ3v) is 3.38. The minimum absolute atomic E-state index is 0.0247. The summed E-state index contributed by atoms with van der Waals surface area (Å²) in [6, 6.07) is 5.68. The van der Waals surface area contributed by atoms with Gasteiger partial charge in [0.1, 0.15) is 23.7 Å². The molecule has 3 rings (SSSR count). The quantitative estimate of drug-likeness (QED) is 0.541. The van der Waals surface area contributed by atoms with Crippen LogP contribution in [-0.2, 0) is 6.54 Å². The first kappa shape index (κ1) is 14.8. The van der Waals surface area contributed by atoms with Crippen LogP contribution in [0.2, 0.25) is 0 Å². The third kappa shape index (κ3) is 2.80. The maximum atomic E-state index is 12.9. The Bertz CT molecular complexity index is 869. The molecule has 0 atom stereocenters. The van der Waals surface area contributed by atoms with Crippen molar-refractivity contribution in [2.75, 3.05) is 0 Å². The summed E-state index contributed by atoms with van der Waals surface area (Å²) in [4.78, 5) is 14.7. The summed E-state index contributed by atoms with van der Waals surface area (Å²) < 4.78 is 19.5. The van der Waals surface area contributed by atoms with Gasteiger partial charge in [-0.05, 0) is 38.1 Å². The van der Waals surface area contributed by atoms with Gasteiger partial charge in [-0.3, -0.25) is 14.8 Å². The van der Waals surface area contributed by atoms with Gasteiger partial charge in [-0.25, -0.2) is 4.39 Å². The molecule has 0 spiro atoms. The number of hydrogen-bond donors (Lipinski definition) is 0. The minimum Gasteiger partial charge on any atom is -0.337 e. The van der Waals surface area contributed by atoms with E-state index in [1.807, 2.05) is 0 Å². The van der Waals surface area contributed by atoms with E-state index < -0.39 is 4.92 Å². The van der Waals surface area contributed by atoms with Crippen molar-refractivity contribution in [2.45, 2.75) is 20.4 Å². The summed E-state index contributed by atoms with van der Waals surface area (Å²) in [6.45, 7) is 3.30. The molecule has 8 nitrogen and oxygen atoms in total. The molecule has 0 aliphatic heterocycles. The Hall–Kier alpha value is -3.10. The Balaban J connectivity index is 1.86. The SMILES string of the molecule is Cc1nn(Cc2nc(-c3ccc(F)cc3)no2)c(C)c1[N+](=O)[O-]. The lowest BCUT2D eigenvalue weighted by Gasteiger charge is -1.98. The molecule has 1 aromatic carbocycles. The summed E-state index contributed by atoms with van der Waals surface area (Å²) >= 11 is 0. The highest BCUT2D eigenvalue weighted by Gasteiger charge is 2.22. The highest BCUT2D eigenvalue weighted by Crippen LogP contribution is 2.23. The van der Waals surface area contributed by atoms with Gasteiger partial charge in [0, 0.05) is 5.56 Å². The third-order valence-electron chi connectivity index (χ3n) is 3.38. The molecular weight excluding hydrogens is 305 g/mol. The molecule has 0 fully saturated rings. The van der Waals surface area contributed by atoms with Gasteiger partial charge in [-0.1, -0.05) is 5.16 Å². The van der Waals surface area contributed by atoms with Crippen molar-refractivity contribution >= 4 is 5.69 Å². The predicted octanol–water partition coefficient (Wildman–Crippen LogP) is 2.65. The first-order valence-corrected chi connectivity index (χ1v) is 6.72. The lowest BCUT2D eigenvalue weighted by Crippen LogP contribution is -2.04. The van der Waals surface area contributed by atoms with Crippen molar-refractivity contribution in [1.29, 1.82) is 0 Å². The van der Waals surface area contributed by atoms with Gasteiger partial charge in [0.05, 0.1) is 4.92 Å². The number of halogens is 1. The highest BCUT2D eigenvalue weighted by atomic mass is 19.1. The van der Waals surface area contributed by atoms with Gasteiger partial charge in [0.25, 0.3) is 0 Å². The van der Waals surface area contributed by atoms with Gasteiger partial charge in [0.2, 0.25) is 11.7 Å². The molecule has 0 saturated heterocycles. The first-order chi connectivity index (χ1) is 11.0. The van der Waals surface area contributed by atoms with E-state index in [2.05, 4.69) is 15.2 Å². The number of benzene rings is 1. The van der Waals surface area contributed by atoms with E-state index in [4.69, 9.17) is 4.52 Å². The van der Waals surface area contributed by atoms with Crippen molar-refractivity contribution in [1.82, 2.24) is 19.9 Å². The Morgan fingerprint density at radius 2 is 2.00 bits per heavy atom. The van der Waals surface area contributed by atoms with Crippen LogP contribution in [0.5, 0.6) is 0 Å². The second-order valence-electron chi connectivity index (χ2n) is 4.95. The van der Waals surface area contributed by atoms with Crippen LogP contribution in [0.4, 0.5) is 10.1 Å². The van der Waals surface area contributed by atoms with Gasteiger partial charge in [-0.15, -0.1) is 0 Å². The van der Waals surface area contributed by atoms with Crippen molar-refractivity contribution in [2.24, 2.45) is 0 Å². The van der Waals surface area contributed by atoms with Crippen LogP contribution in [0, 0.1) is 29.8 Å². The summed E-state index contributed by atoms with van der Waals surface area (Å²) in [7, 11) is 0. The average molecular weight is 317 g/mol. The van der Waals surface area contributed by atoms with Crippen LogP contribution in [0.15, 0.2) is 28.8 Å². The maximum Gasteiger partial charge on any atom is 0.312 e. The fraction of sp³-hybridized carbons (Fsp3) is 0.214. The Morgan fingerprint density at radius 1 is 1.30 bits per heavy atom. The largest absolute Gasteiger partial charge is 0.337 e. The second kappa shape index (κ2) is 5.59. The number of aryl methyl sites for hydroxylation is 1. The summed E-state index contributed by atoms with van der Waals surface area (Å²) in [6.07, 6.45) is 0. The van der Waals surface area contributed by atoms with Gasteiger partial charge < -0.3 is 4.52 Å². The molecule has 0 aliphatic carbocycles. The molecule has 118 valence electrons. The zero-order chi connectivity index (χ0) is 16.6. The molecule has 2 aromatic heterocycles. The van der Waals surface area contributed by atoms with Crippen LogP contribution in [0.25, 0.3) is 11.4 Å². The molecular formula is C14H12FN5O3. The van der Waals surface area contributed by atoms with Gasteiger partial charge >= 0.3 is 5.69 Å². The van der Waals surface area contributed by atoms with Crippen molar-refractivity contribution in [3.8, 4) is 11.4 Å². The number of nitrogens with zero attached hydrogens (tertiary/aromatic N) is 5. The molecule has 23 heavy (non-hydrogen) atoms. The van der Waals surface area contributed by atoms with E-state index in [1.165, 1.54) is 28.9 Å². The standard InChI is InChI=1S/C14H12FN5O3/c1-8-13(20(21)22)9(2)19(17-8)7-12-16-14(18-23-12)10-3-5-11(15)6-4-10/h3-6H,7H2,1-2H3.